The molecule has 0 amide bonds. The molecule has 0 aliphatic heterocycles. The van der Waals surface area contributed by atoms with E-state index in [0.717, 1.165) is 10.2 Å². The van der Waals surface area contributed by atoms with Crippen LogP contribution in [0.2, 0.25) is 5.15 Å². The quantitative estimate of drug-likeness (QED) is 0.614. The first-order valence-electron chi connectivity index (χ1n) is 3.84. The lowest BCUT2D eigenvalue weighted by atomic mass is 10.3. The van der Waals surface area contributed by atoms with Crippen molar-refractivity contribution in [3.05, 3.63) is 33.7 Å². The van der Waals surface area contributed by atoms with Gasteiger partial charge in [0.15, 0.2) is 0 Å². The molecule has 1 rings (SSSR count). The fourth-order valence-corrected chi connectivity index (χ4v) is 1.39. The number of aromatic nitrogens is 1. The molecule has 0 aliphatic carbocycles. The van der Waals surface area contributed by atoms with Crippen molar-refractivity contribution in [2.45, 2.75) is 6.92 Å². The second-order valence-corrected chi connectivity index (χ2v) is 3.44. The number of nitrogens with zero attached hydrogens (tertiary/aromatic N) is 1. The van der Waals surface area contributed by atoms with Gasteiger partial charge in [0.05, 0.1) is 12.9 Å². The van der Waals surface area contributed by atoms with Gasteiger partial charge in [0.1, 0.15) is 9.76 Å². The molecule has 0 saturated carbocycles. The number of hydrogen-bond acceptors (Lipinski definition) is 2. The Morgan fingerprint density at radius 1 is 1.62 bits per heavy atom. The summed E-state index contributed by atoms with van der Waals surface area (Å²) in [7, 11) is 0. The van der Waals surface area contributed by atoms with E-state index in [4.69, 9.17) is 16.3 Å². The van der Waals surface area contributed by atoms with Crippen LogP contribution in [0.25, 0.3) is 6.08 Å². The molecule has 1 aromatic rings. The van der Waals surface area contributed by atoms with Gasteiger partial charge < -0.3 is 4.74 Å². The Kier molecular flexibility index (Phi) is 4.25. The van der Waals surface area contributed by atoms with Crippen LogP contribution in [0.3, 0.4) is 0 Å². The minimum Gasteiger partial charge on any atom is -0.501 e. The summed E-state index contributed by atoms with van der Waals surface area (Å²) in [6.45, 7) is 2.57. The van der Waals surface area contributed by atoms with Crippen LogP contribution in [0, 0.1) is 0 Å². The third-order valence-electron chi connectivity index (χ3n) is 1.35. The molecule has 13 heavy (non-hydrogen) atoms. The molecule has 4 heteroatoms. The molecular weight excluding hydrogens is 253 g/mol. The van der Waals surface area contributed by atoms with Crippen LogP contribution in [-0.2, 0) is 4.74 Å². The third kappa shape index (κ3) is 3.36. The lowest BCUT2D eigenvalue weighted by Crippen LogP contribution is -1.82. The summed E-state index contributed by atoms with van der Waals surface area (Å²) in [5.74, 6) is 0. The third-order valence-corrected chi connectivity index (χ3v) is 2.10. The minimum absolute atomic E-state index is 0.463. The molecule has 0 radical (unpaired) electrons. The van der Waals surface area contributed by atoms with Crippen molar-refractivity contribution in [1.82, 2.24) is 4.98 Å². The summed E-state index contributed by atoms with van der Waals surface area (Å²) < 4.78 is 5.77. The minimum atomic E-state index is 0.463. The van der Waals surface area contributed by atoms with Crippen molar-refractivity contribution in [2.75, 3.05) is 6.61 Å². The van der Waals surface area contributed by atoms with Crippen molar-refractivity contribution in [2.24, 2.45) is 0 Å². The van der Waals surface area contributed by atoms with Crippen LogP contribution in [-0.4, -0.2) is 11.6 Å². The average Bonchev–Trinajstić information content (AvgIpc) is 2.09. The Balaban J connectivity index is 2.77. The summed E-state index contributed by atoms with van der Waals surface area (Å²) in [4.78, 5) is 4.03. The van der Waals surface area contributed by atoms with Crippen LogP contribution < -0.4 is 0 Å². The fraction of sp³-hybridized carbons (Fsp3) is 0.222. The van der Waals surface area contributed by atoms with E-state index in [0.29, 0.717) is 11.8 Å². The summed E-state index contributed by atoms with van der Waals surface area (Å²) in [5.41, 5.74) is 0.846. The first-order valence-corrected chi connectivity index (χ1v) is 5.01. The van der Waals surface area contributed by atoms with Crippen molar-refractivity contribution in [1.29, 1.82) is 0 Å². The number of pyridine rings is 1. The Bertz CT molecular complexity index is 314. The zero-order chi connectivity index (χ0) is 9.68. The molecule has 0 N–H and O–H groups in total. The monoisotopic (exact) mass is 261 g/mol. The summed E-state index contributed by atoms with van der Waals surface area (Å²) in [6, 6.07) is 3.70. The van der Waals surface area contributed by atoms with Crippen LogP contribution in [0.15, 0.2) is 23.0 Å². The highest BCUT2D eigenvalue weighted by atomic mass is 79.9. The van der Waals surface area contributed by atoms with Gasteiger partial charge >= 0.3 is 0 Å². The molecular formula is C9H9BrClNO. The molecule has 0 fully saturated rings. The molecule has 0 bridgehead atoms. The first kappa shape index (κ1) is 10.5. The van der Waals surface area contributed by atoms with Gasteiger partial charge in [0, 0.05) is 5.56 Å². The molecule has 0 atom stereocenters. The van der Waals surface area contributed by atoms with Gasteiger partial charge in [-0.2, -0.15) is 0 Å². The van der Waals surface area contributed by atoms with E-state index >= 15 is 0 Å². The second kappa shape index (κ2) is 5.25. The van der Waals surface area contributed by atoms with E-state index < -0.39 is 0 Å². The highest BCUT2D eigenvalue weighted by molar-refractivity contribution is 9.10. The molecule has 0 unspecified atom stereocenters. The molecule has 0 aliphatic rings. The van der Waals surface area contributed by atoms with Gasteiger partial charge in [-0.25, -0.2) is 4.98 Å². The van der Waals surface area contributed by atoms with Crippen molar-refractivity contribution in [3.8, 4) is 0 Å². The van der Waals surface area contributed by atoms with E-state index in [1.165, 1.54) is 0 Å². The summed E-state index contributed by atoms with van der Waals surface area (Å²) >= 11 is 9.09. The Hall–Kier alpha value is -0.540. The van der Waals surface area contributed by atoms with E-state index in [-0.39, 0.29) is 0 Å². The number of rotatable bonds is 3. The van der Waals surface area contributed by atoms with Crippen LogP contribution in [0.1, 0.15) is 12.5 Å². The van der Waals surface area contributed by atoms with Crippen LogP contribution in [0.5, 0.6) is 0 Å². The lowest BCUT2D eigenvalue weighted by Gasteiger charge is -1.97. The average molecular weight is 263 g/mol. The Labute approximate surface area is 90.7 Å². The van der Waals surface area contributed by atoms with Crippen molar-refractivity contribution >= 4 is 33.6 Å². The smallest absolute Gasteiger partial charge is 0.137 e. The highest BCUT2D eigenvalue weighted by Crippen LogP contribution is 2.17. The van der Waals surface area contributed by atoms with Gasteiger partial charge in [-0.05, 0) is 41.1 Å². The summed E-state index contributed by atoms with van der Waals surface area (Å²) in [6.07, 6.45) is 3.39. The van der Waals surface area contributed by atoms with Crippen molar-refractivity contribution in [3.63, 3.8) is 0 Å². The second-order valence-electron chi connectivity index (χ2n) is 2.27. The molecule has 2 nitrogen and oxygen atoms in total. The van der Waals surface area contributed by atoms with Crippen LogP contribution >= 0.6 is 27.5 Å². The largest absolute Gasteiger partial charge is 0.501 e. The predicted octanol–water partition coefficient (Wildman–Crippen LogP) is 3.50. The SMILES string of the molecule is CCOC=Cc1ccc(Br)nc1Cl. The van der Waals surface area contributed by atoms with E-state index in [1.807, 2.05) is 19.1 Å². The van der Waals surface area contributed by atoms with E-state index in [9.17, 15) is 0 Å². The first-order chi connectivity index (χ1) is 6.24. The zero-order valence-corrected chi connectivity index (χ0v) is 9.47. The predicted molar refractivity (Wildman–Crippen MR) is 57.6 cm³/mol. The Morgan fingerprint density at radius 3 is 3.00 bits per heavy atom. The molecule has 1 heterocycles. The normalized spacial score (nSPS) is 10.7. The fourth-order valence-electron chi connectivity index (χ4n) is 0.765. The number of ether oxygens (including phenoxy) is 1. The van der Waals surface area contributed by atoms with E-state index in [2.05, 4.69) is 20.9 Å². The van der Waals surface area contributed by atoms with Gasteiger partial charge in [-0.15, -0.1) is 0 Å². The molecule has 1 aromatic heterocycles. The standard InChI is InChI=1S/C9H9BrClNO/c1-2-13-6-5-7-3-4-8(10)12-9(7)11/h3-6H,2H2,1H3. The van der Waals surface area contributed by atoms with Crippen molar-refractivity contribution < 1.29 is 4.74 Å². The van der Waals surface area contributed by atoms with Gasteiger partial charge in [-0.1, -0.05) is 11.6 Å². The summed E-state index contributed by atoms with van der Waals surface area (Å²) in [5, 5.41) is 0.463. The molecule has 70 valence electrons. The molecule has 0 spiro atoms. The number of hydrogen-bond donors (Lipinski definition) is 0. The topological polar surface area (TPSA) is 22.1 Å². The Morgan fingerprint density at radius 2 is 2.38 bits per heavy atom. The molecule has 0 aromatic carbocycles. The van der Waals surface area contributed by atoms with Gasteiger partial charge in [0.2, 0.25) is 0 Å². The maximum Gasteiger partial charge on any atom is 0.137 e. The zero-order valence-electron chi connectivity index (χ0n) is 7.13. The maximum atomic E-state index is 5.86. The molecule has 0 saturated heterocycles. The van der Waals surface area contributed by atoms with E-state index in [1.54, 1.807) is 12.3 Å². The van der Waals surface area contributed by atoms with Gasteiger partial charge in [-0.3, -0.25) is 0 Å². The highest BCUT2D eigenvalue weighted by Gasteiger charge is 1.97. The lowest BCUT2D eigenvalue weighted by molar-refractivity contribution is 0.272. The maximum absolute atomic E-state index is 5.86. The van der Waals surface area contributed by atoms with Gasteiger partial charge in [0.25, 0.3) is 0 Å². The van der Waals surface area contributed by atoms with Crippen LogP contribution in [0.4, 0.5) is 0 Å². The number of halogens is 2.